The highest BCUT2D eigenvalue weighted by Crippen LogP contribution is 2.40. The Kier molecular flexibility index (Phi) is 11.4. The summed E-state index contributed by atoms with van der Waals surface area (Å²) in [7, 11) is -5.89. The van der Waals surface area contributed by atoms with E-state index in [4.69, 9.17) is 13.6 Å². The Bertz CT molecular complexity index is 1530. The fourth-order valence-corrected chi connectivity index (χ4v) is 16.6. The average molecular weight is 677 g/mol. The second-order valence-corrected chi connectivity index (χ2v) is 23.5. The SMILES string of the molecule is CC(C)(C)[Si](OC[C@H]1OC(=O)CCC/C=C\C[C@@H]1O[Si](c1ccccc1)(c1ccccc1)C(C)(C)C)(c1ccccc1)c1ccccc1. The van der Waals surface area contributed by atoms with Crippen LogP contribution in [0, 0.1) is 0 Å². The van der Waals surface area contributed by atoms with Gasteiger partial charge in [0, 0.05) is 6.42 Å². The predicted octanol–water partition coefficient (Wildman–Crippen LogP) is 7.55. The molecule has 4 aromatic carbocycles. The second kappa shape index (κ2) is 15.3. The van der Waals surface area contributed by atoms with Crippen LogP contribution in [0.2, 0.25) is 10.1 Å². The fraction of sp³-hybridized carbons (Fsp3) is 0.357. The molecule has 1 aliphatic heterocycles. The third-order valence-corrected chi connectivity index (χ3v) is 19.7. The highest BCUT2D eigenvalue weighted by molar-refractivity contribution is 7.00. The van der Waals surface area contributed by atoms with Gasteiger partial charge in [0.05, 0.1) is 12.7 Å². The summed E-state index contributed by atoms with van der Waals surface area (Å²) < 4.78 is 21.6. The third kappa shape index (κ3) is 7.52. The fourth-order valence-electron chi connectivity index (χ4n) is 7.32. The minimum atomic E-state index is -2.98. The first-order chi connectivity index (χ1) is 23.0. The molecular formula is C42H52O4Si2. The van der Waals surface area contributed by atoms with Gasteiger partial charge in [-0.1, -0.05) is 175 Å². The van der Waals surface area contributed by atoms with E-state index in [0.717, 1.165) is 12.8 Å². The lowest BCUT2D eigenvalue weighted by atomic mass is 10.1. The topological polar surface area (TPSA) is 44.8 Å². The van der Waals surface area contributed by atoms with Crippen molar-refractivity contribution in [3.63, 3.8) is 0 Å². The minimum Gasteiger partial charge on any atom is -0.457 e. The first-order valence-corrected chi connectivity index (χ1v) is 21.2. The molecule has 1 heterocycles. The molecule has 252 valence electrons. The smallest absolute Gasteiger partial charge is 0.306 e. The van der Waals surface area contributed by atoms with Gasteiger partial charge in [0.1, 0.15) is 6.10 Å². The lowest BCUT2D eigenvalue weighted by molar-refractivity contribution is -0.156. The Hall–Kier alpha value is -3.56. The molecule has 0 unspecified atom stereocenters. The van der Waals surface area contributed by atoms with Crippen LogP contribution >= 0.6 is 0 Å². The summed E-state index contributed by atoms with van der Waals surface area (Å²) in [5.74, 6) is -0.197. The zero-order valence-corrected chi connectivity index (χ0v) is 31.5. The normalized spacial score (nSPS) is 18.9. The van der Waals surface area contributed by atoms with Crippen LogP contribution in [0.1, 0.15) is 67.2 Å². The van der Waals surface area contributed by atoms with E-state index < -0.39 is 28.8 Å². The highest BCUT2D eigenvalue weighted by Gasteiger charge is 2.54. The summed E-state index contributed by atoms with van der Waals surface area (Å²) in [5, 5.41) is 4.33. The summed E-state index contributed by atoms with van der Waals surface area (Å²) in [5.41, 5.74) is 0. The lowest BCUT2D eigenvalue weighted by Gasteiger charge is -2.47. The van der Waals surface area contributed by atoms with Gasteiger partial charge >= 0.3 is 5.97 Å². The first kappa shape index (κ1) is 35.7. The van der Waals surface area contributed by atoms with Crippen LogP contribution in [0.5, 0.6) is 0 Å². The molecule has 0 saturated carbocycles. The van der Waals surface area contributed by atoms with Gasteiger partial charge in [0.15, 0.2) is 0 Å². The zero-order chi connectivity index (χ0) is 34.3. The summed E-state index contributed by atoms with van der Waals surface area (Å²) in [4.78, 5) is 13.5. The number of cyclic esters (lactones) is 1. The van der Waals surface area contributed by atoms with Crippen LogP contribution in [0.3, 0.4) is 0 Å². The quantitative estimate of drug-likeness (QED) is 0.104. The number of esters is 1. The Morgan fingerprint density at radius 3 is 1.46 bits per heavy atom. The Balaban J connectivity index is 1.65. The van der Waals surface area contributed by atoms with Crippen molar-refractivity contribution in [2.24, 2.45) is 0 Å². The number of rotatable bonds is 9. The van der Waals surface area contributed by atoms with E-state index in [2.05, 4.69) is 175 Å². The van der Waals surface area contributed by atoms with Crippen molar-refractivity contribution in [3.05, 3.63) is 133 Å². The molecule has 48 heavy (non-hydrogen) atoms. The van der Waals surface area contributed by atoms with Gasteiger partial charge in [0.25, 0.3) is 16.6 Å². The van der Waals surface area contributed by atoms with Crippen molar-refractivity contribution >= 4 is 43.4 Å². The average Bonchev–Trinajstić information content (AvgIpc) is 3.08. The van der Waals surface area contributed by atoms with Crippen molar-refractivity contribution in [2.45, 2.75) is 89.5 Å². The van der Waals surface area contributed by atoms with E-state index >= 15 is 0 Å². The molecule has 1 aliphatic rings. The van der Waals surface area contributed by atoms with Crippen molar-refractivity contribution in [2.75, 3.05) is 6.61 Å². The third-order valence-electron chi connectivity index (χ3n) is 9.61. The van der Waals surface area contributed by atoms with Gasteiger partial charge in [-0.2, -0.15) is 0 Å². The number of carbonyl (C=O) groups excluding carboxylic acids is 1. The van der Waals surface area contributed by atoms with Crippen LogP contribution in [-0.4, -0.2) is 41.4 Å². The van der Waals surface area contributed by atoms with Gasteiger partial charge in [-0.3, -0.25) is 4.79 Å². The van der Waals surface area contributed by atoms with Crippen molar-refractivity contribution < 1.29 is 18.4 Å². The molecule has 0 N–H and O–H groups in total. The molecule has 4 aromatic rings. The molecule has 0 amide bonds. The van der Waals surface area contributed by atoms with Gasteiger partial charge in [-0.15, -0.1) is 0 Å². The first-order valence-electron chi connectivity index (χ1n) is 17.4. The van der Waals surface area contributed by atoms with Crippen molar-refractivity contribution in [1.29, 1.82) is 0 Å². The number of allylic oxidation sites excluding steroid dienone is 1. The Labute approximate surface area is 290 Å². The molecule has 0 spiro atoms. The van der Waals surface area contributed by atoms with E-state index in [-0.39, 0.29) is 22.7 Å². The largest absolute Gasteiger partial charge is 0.457 e. The molecule has 2 atom stereocenters. The van der Waals surface area contributed by atoms with Gasteiger partial charge in [-0.25, -0.2) is 0 Å². The van der Waals surface area contributed by atoms with Crippen LogP contribution in [0.4, 0.5) is 0 Å². The molecule has 0 fully saturated rings. The summed E-state index contributed by atoms with van der Waals surface area (Å²) in [6.45, 7) is 13.9. The lowest BCUT2D eigenvalue weighted by Crippen LogP contribution is -2.69. The Morgan fingerprint density at radius 1 is 0.625 bits per heavy atom. The number of benzene rings is 4. The molecule has 6 heteroatoms. The molecule has 0 aromatic heterocycles. The van der Waals surface area contributed by atoms with E-state index in [9.17, 15) is 4.79 Å². The standard InChI is InChI=1S/C42H52O4Si2/c1-41(2,3)47(34-23-13-9-14-24-34,35-25-15-10-16-26-35)44-33-39-38(31-21-7-8-22-32-40(43)45-39)46-48(42(4,5)6,36-27-17-11-18-28-36)37-29-19-12-20-30-37/h7,9-21,23-30,38-39H,8,22,31-33H2,1-6H3/b21-7-/t38-,39+/m0/s1. The van der Waals surface area contributed by atoms with Crippen LogP contribution in [-0.2, 0) is 18.4 Å². The molecule has 0 bridgehead atoms. The maximum absolute atomic E-state index is 13.5. The maximum atomic E-state index is 13.5. The predicted molar refractivity (Wildman–Crippen MR) is 204 cm³/mol. The van der Waals surface area contributed by atoms with E-state index in [1.807, 2.05) is 0 Å². The van der Waals surface area contributed by atoms with Gasteiger partial charge < -0.3 is 13.6 Å². The number of carbonyl (C=O) groups is 1. The second-order valence-electron chi connectivity index (χ2n) is 14.9. The number of hydrogen-bond acceptors (Lipinski definition) is 4. The summed E-state index contributed by atoms with van der Waals surface area (Å²) in [6.07, 6.45) is 5.97. The van der Waals surface area contributed by atoms with E-state index in [0.29, 0.717) is 12.8 Å². The maximum Gasteiger partial charge on any atom is 0.306 e. The highest BCUT2D eigenvalue weighted by atomic mass is 28.4. The summed E-state index contributed by atoms with van der Waals surface area (Å²) in [6, 6.07) is 42.6. The molecule has 0 aliphatic carbocycles. The zero-order valence-electron chi connectivity index (χ0n) is 29.5. The van der Waals surface area contributed by atoms with Crippen LogP contribution in [0.25, 0.3) is 0 Å². The van der Waals surface area contributed by atoms with Crippen LogP contribution in [0.15, 0.2) is 133 Å². The van der Waals surface area contributed by atoms with Gasteiger partial charge in [0.2, 0.25) is 0 Å². The van der Waals surface area contributed by atoms with Crippen LogP contribution < -0.4 is 20.7 Å². The number of hydrogen-bond donors (Lipinski definition) is 0. The molecule has 4 nitrogen and oxygen atoms in total. The molecule has 5 rings (SSSR count). The van der Waals surface area contributed by atoms with Crippen molar-refractivity contribution in [3.8, 4) is 0 Å². The van der Waals surface area contributed by atoms with Gasteiger partial charge in [-0.05, 0) is 50.1 Å². The number of ether oxygens (including phenoxy) is 1. The molecule has 0 radical (unpaired) electrons. The molecular weight excluding hydrogens is 625 g/mol. The van der Waals surface area contributed by atoms with E-state index in [1.165, 1.54) is 20.7 Å². The monoisotopic (exact) mass is 676 g/mol. The van der Waals surface area contributed by atoms with E-state index in [1.54, 1.807) is 0 Å². The minimum absolute atomic E-state index is 0.197. The molecule has 0 saturated heterocycles. The Morgan fingerprint density at radius 2 is 1.04 bits per heavy atom. The summed E-state index contributed by atoms with van der Waals surface area (Å²) >= 11 is 0. The van der Waals surface area contributed by atoms with Crippen molar-refractivity contribution in [1.82, 2.24) is 0 Å².